The van der Waals surface area contributed by atoms with Crippen LogP contribution >= 0.6 is 33.3 Å². The van der Waals surface area contributed by atoms with Gasteiger partial charge >= 0.3 is 5.97 Å². The Balaban J connectivity index is 1.57. The fourth-order valence-corrected chi connectivity index (χ4v) is 13.6. The molecule has 2 fully saturated rings. The molecule has 0 aliphatic carbocycles. The number of carbonyl (C=O) groups excluding carboxylic acids is 13. The number of ether oxygens (including phenoxy) is 8. The largest absolute Gasteiger partial charge is 0.481 e. The topological polar surface area (TPSA) is 519 Å². The van der Waals surface area contributed by atoms with Gasteiger partial charge in [-0.1, -0.05) is 51.9 Å². The predicted molar refractivity (Wildman–Crippen MR) is 388 cm³/mol. The zero-order valence-corrected chi connectivity index (χ0v) is 62.0. The highest BCUT2D eigenvalue weighted by molar-refractivity contribution is 8.76. The van der Waals surface area contributed by atoms with E-state index in [0.29, 0.717) is 64.3 Å². The van der Waals surface area contributed by atoms with Crippen LogP contribution in [-0.4, -0.2) is 272 Å². The second kappa shape index (κ2) is 57.2. The summed E-state index contributed by atoms with van der Waals surface area (Å²) in [5.74, 6) is -13.8. The molecule has 2 heterocycles. The van der Waals surface area contributed by atoms with Gasteiger partial charge in [0.1, 0.15) is 32.5 Å². The summed E-state index contributed by atoms with van der Waals surface area (Å²) in [7, 11) is 2.06. The number of thioether (sulfide) groups is 1. The van der Waals surface area contributed by atoms with Gasteiger partial charge in [-0.25, -0.2) is 0 Å². The number of nitrogens with two attached hydrogens (primary N) is 3. The third-order valence-corrected chi connectivity index (χ3v) is 19.2. The van der Waals surface area contributed by atoms with Crippen LogP contribution in [0.25, 0.3) is 0 Å². The number of Topliss-reactive ketones (excluding diaryl/α,β-unsaturated/α-hetero) is 6. The summed E-state index contributed by atoms with van der Waals surface area (Å²) < 4.78 is 43.3. The maximum atomic E-state index is 14.7. The van der Waals surface area contributed by atoms with E-state index >= 15 is 0 Å². The third-order valence-electron chi connectivity index (χ3n) is 15.8. The van der Waals surface area contributed by atoms with E-state index in [9.17, 15) is 72.2 Å². The maximum Gasteiger partial charge on any atom is 0.304 e. The quantitative estimate of drug-likeness (QED) is 0.0158. The molecule has 1 aromatic rings. The van der Waals surface area contributed by atoms with E-state index in [2.05, 4.69) is 37.2 Å². The molecule has 7 atom stereocenters. The lowest BCUT2D eigenvalue weighted by atomic mass is 9.90. The molecule has 0 spiro atoms. The van der Waals surface area contributed by atoms with E-state index < -0.39 is 145 Å². The molecular formula is C68H107N11O23S3. The number of carboxylic acid groups (broad SMARTS) is 1. The lowest BCUT2D eigenvalue weighted by Crippen LogP contribution is -2.53. The molecule has 0 radical (unpaired) electrons. The average Bonchev–Trinajstić information content (AvgIpc) is 1.35. The van der Waals surface area contributed by atoms with Crippen molar-refractivity contribution in [1.29, 1.82) is 5.41 Å². The summed E-state index contributed by atoms with van der Waals surface area (Å²) in [6, 6.07) is 3.63. The van der Waals surface area contributed by atoms with E-state index in [1.807, 2.05) is 0 Å². The number of nitrogens with one attached hydrogen (secondary N) is 8. The molecule has 34 nitrogen and oxygen atoms in total. The smallest absolute Gasteiger partial charge is 0.304 e. The third kappa shape index (κ3) is 45.3. The molecule has 0 saturated carbocycles. The predicted octanol–water partition coefficient (Wildman–Crippen LogP) is -1.20. The van der Waals surface area contributed by atoms with Crippen LogP contribution in [0.5, 0.6) is 0 Å². The van der Waals surface area contributed by atoms with E-state index in [4.69, 9.17) is 60.5 Å². The first-order chi connectivity index (χ1) is 50.5. The molecule has 3 rings (SSSR count). The highest BCUT2D eigenvalue weighted by Gasteiger charge is 2.36. The van der Waals surface area contributed by atoms with Crippen LogP contribution in [0.1, 0.15) is 102 Å². The van der Waals surface area contributed by atoms with Gasteiger partial charge in [0.15, 0.2) is 40.7 Å². The molecule has 0 unspecified atom stereocenters. The minimum absolute atomic E-state index is 0.0103. The normalized spacial score (nSPS) is 20.1. The maximum absolute atomic E-state index is 14.7. The number of primary amides is 1. The SMILES string of the molecule is N=C(N)NCCC[C@@H]1CC(=O)[C@@H]2CSSC[C@H](NC(=O)[C@H](CC(=O)O)CC(=O)CNC1=O)C(=O)C[C@@H](Cc1ccccc1)C(=O)N[C@H](C(=O)CCCOCCOCCOCCCC(=O)COCC(=O)CCCOCCOCCOCCNC(=O)COCC(N)=O)CSCC(=O)N[C@@H](CCCCN)C(=O)N2. The molecule has 2 saturated heterocycles. The van der Waals surface area contributed by atoms with Crippen LogP contribution in [0.15, 0.2) is 30.3 Å². The molecule has 2 bridgehead atoms. The molecule has 0 aromatic heterocycles. The van der Waals surface area contributed by atoms with Crippen molar-refractivity contribution in [3.05, 3.63) is 35.9 Å². The molecule has 1 aromatic carbocycles. The van der Waals surface area contributed by atoms with Crippen molar-refractivity contribution in [2.45, 2.75) is 127 Å². The Hall–Kier alpha value is -7.04. The van der Waals surface area contributed by atoms with Crippen molar-refractivity contribution < 1.29 is 110 Å². The second-order valence-corrected chi connectivity index (χ2v) is 28.2. The Labute approximate surface area is 623 Å². The number of hydrogen-bond acceptors (Lipinski definition) is 27. The number of rotatable bonds is 48. The summed E-state index contributed by atoms with van der Waals surface area (Å²) >= 11 is 1.00. The Morgan fingerprint density at radius 1 is 0.533 bits per heavy atom. The lowest BCUT2D eigenvalue weighted by molar-refractivity contribution is -0.142. The minimum atomic E-state index is -1.51. The summed E-state index contributed by atoms with van der Waals surface area (Å²) in [5, 5.41) is 36.1. The van der Waals surface area contributed by atoms with Crippen LogP contribution in [-0.2, 0) is 111 Å². The van der Waals surface area contributed by atoms with Gasteiger partial charge in [0.2, 0.25) is 41.4 Å². The monoisotopic (exact) mass is 1540 g/mol. The summed E-state index contributed by atoms with van der Waals surface area (Å²) in [6.07, 6.45) is 0.279. The van der Waals surface area contributed by atoms with E-state index in [1.165, 1.54) is 0 Å². The van der Waals surface area contributed by atoms with E-state index in [1.54, 1.807) is 30.3 Å². The van der Waals surface area contributed by atoms with Crippen LogP contribution in [0.2, 0.25) is 0 Å². The van der Waals surface area contributed by atoms with Crippen LogP contribution in [0.3, 0.4) is 0 Å². The first kappa shape index (κ1) is 92.2. The average molecular weight is 1540 g/mol. The lowest BCUT2D eigenvalue weighted by Gasteiger charge is -2.26. The van der Waals surface area contributed by atoms with E-state index in [-0.39, 0.29) is 184 Å². The summed E-state index contributed by atoms with van der Waals surface area (Å²) in [6.45, 7) is 2.15. The van der Waals surface area contributed by atoms with Crippen molar-refractivity contribution in [2.75, 3.05) is 155 Å². The van der Waals surface area contributed by atoms with Gasteiger partial charge < -0.3 is 97.4 Å². The van der Waals surface area contributed by atoms with Gasteiger partial charge in [-0.2, -0.15) is 0 Å². The molecule has 7 amide bonds. The van der Waals surface area contributed by atoms with Gasteiger partial charge in [0.05, 0.1) is 102 Å². The van der Waals surface area contributed by atoms with Gasteiger partial charge in [0.25, 0.3) is 0 Å². The molecular weight excluding hydrogens is 1440 g/mol. The van der Waals surface area contributed by atoms with Gasteiger partial charge in [-0.05, 0) is 69.9 Å². The number of guanidine groups is 1. The van der Waals surface area contributed by atoms with Crippen LogP contribution < -0.4 is 54.4 Å². The zero-order chi connectivity index (χ0) is 76.8. The highest BCUT2D eigenvalue weighted by atomic mass is 33.1. The minimum Gasteiger partial charge on any atom is -0.481 e. The van der Waals surface area contributed by atoms with Crippen molar-refractivity contribution in [3.8, 4) is 0 Å². The number of amides is 7. The summed E-state index contributed by atoms with van der Waals surface area (Å²) in [4.78, 5) is 186. The number of hydrogen-bond donors (Lipinski definition) is 12. The number of unbranched alkanes of at least 4 members (excludes halogenated alkanes) is 1. The first-order valence-corrected chi connectivity index (χ1v) is 38.8. The van der Waals surface area contributed by atoms with Crippen molar-refractivity contribution in [2.24, 2.45) is 35.0 Å². The number of fused-ring (bicyclic) bond motifs is 5. The van der Waals surface area contributed by atoms with Gasteiger partial charge in [-0.15, -0.1) is 11.8 Å². The van der Waals surface area contributed by atoms with Gasteiger partial charge in [-0.3, -0.25) is 72.5 Å². The summed E-state index contributed by atoms with van der Waals surface area (Å²) in [5.41, 5.74) is 16.8. The van der Waals surface area contributed by atoms with Crippen molar-refractivity contribution in [3.63, 3.8) is 0 Å². The van der Waals surface area contributed by atoms with Crippen LogP contribution in [0, 0.1) is 23.2 Å². The molecule has 2 aliphatic heterocycles. The van der Waals surface area contributed by atoms with Crippen molar-refractivity contribution >= 4 is 121 Å². The Bertz CT molecular complexity index is 2890. The number of carboxylic acids is 1. The Morgan fingerprint density at radius 3 is 1.65 bits per heavy atom. The standard InChI is InChI=1S/C68H107N11O23S3/c69-17-5-4-15-53-67(94)79-56-44-105-104-43-55(78-66(93)49(36-63(89)90)33-52(82)37-75-64(91)47(34-58(56)84)12-6-18-74-68(71)72)59(85)35-48(32-46-10-2-1-3-11-46)65(92)77-54(42-103-45-62(88)76-53)57(83)16-9-22-97-26-30-99-28-24-95-20-7-13-50(80)38-101-39-51(81)14-8-21-96-25-29-100-31-27-98-23-19-73-61(87)41-102-40-60(70)86/h1-3,10-11,47-49,53-56H,4-9,12-45,69H2,(H2,70,86)(H,73,87)(H,75,91)(H,76,88)(H,77,92)(H,78,93)(H,79,94)(H,89,90)(H4,71,72,74)/t47-,48-,49+,53+,54+,55+,56+/m1/s1. The zero-order valence-electron chi connectivity index (χ0n) is 59.6. The molecule has 2 aliphatic rings. The van der Waals surface area contributed by atoms with Gasteiger partial charge in [0, 0.05) is 101 Å². The fourth-order valence-electron chi connectivity index (χ4n) is 10.3. The number of aliphatic carboxylic acids is 1. The molecule has 15 N–H and O–H groups in total. The second-order valence-electron chi connectivity index (χ2n) is 24.7. The number of benzene rings is 1. The van der Waals surface area contributed by atoms with E-state index in [0.717, 1.165) is 33.3 Å². The molecule has 37 heteroatoms. The molecule has 105 heavy (non-hydrogen) atoms. The molecule has 590 valence electrons. The number of carbonyl (C=O) groups is 14. The number of ketones is 6. The first-order valence-electron chi connectivity index (χ1n) is 35.2. The van der Waals surface area contributed by atoms with Crippen LogP contribution in [0.4, 0.5) is 0 Å². The fraction of sp³-hybridized carbons (Fsp3) is 0.691. The highest BCUT2D eigenvalue weighted by Crippen LogP contribution is 2.27. The Morgan fingerprint density at radius 2 is 1.08 bits per heavy atom. The van der Waals surface area contributed by atoms with Crippen molar-refractivity contribution in [1.82, 2.24) is 37.2 Å². The Kier molecular flexibility index (Phi) is 50.2.